The molecule has 5 heteroatoms. The van der Waals surface area contributed by atoms with Gasteiger partial charge < -0.3 is 9.52 Å². The highest BCUT2D eigenvalue weighted by atomic mass is 16.4. The van der Waals surface area contributed by atoms with E-state index in [1.807, 2.05) is 0 Å². The predicted molar refractivity (Wildman–Crippen MR) is 72.1 cm³/mol. The Hall–Kier alpha value is -2.82. The lowest BCUT2D eigenvalue weighted by Gasteiger charge is -2.04. The van der Waals surface area contributed by atoms with Crippen LogP contribution >= 0.6 is 0 Å². The van der Waals surface area contributed by atoms with E-state index in [1.165, 1.54) is 10.8 Å². The first-order valence-corrected chi connectivity index (χ1v) is 6.03. The molecule has 3 aromatic rings. The quantitative estimate of drug-likeness (QED) is 0.776. The molecule has 1 aromatic carbocycles. The molecule has 1 N–H and O–H groups in total. The standard InChI is InChI=1S/C15H11NO4/c1-9-13(15(18)19)10-5-2-3-6-11(10)16(9)14(17)12-7-4-8-20-12/h2-8H,1H3,(H,18,19). The number of hydrogen-bond donors (Lipinski definition) is 1. The van der Waals surface area contributed by atoms with Crippen LogP contribution in [0.4, 0.5) is 0 Å². The molecule has 0 spiro atoms. The molecule has 2 heterocycles. The summed E-state index contributed by atoms with van der Waals surface area (Å²) in [4.78, 5) is 23.9. The number of para-hydroxylation sites is 1. The lowest BCUT2D eigenvalue weighted by atomic mass is 10.1. The van der Waals surface area contributed by atoms with Crippen LogP contribution in [0.15, 0.2) is 47.1 Å². The minimum atomic E-state index is -1.05. The van der Waals surface area contributed by atoms with Crippen LogP contribution < -0.4 is 0 Å². The molecule has 0 atom stereocenters. The second-order valence-corrected chi connectivity index (χ2v) is 4.40. The third-order valence-corrected chi connectivity index (χ3v) is 3.26. The van der Waals surface area contributed by atoms with Gasteiger partial charge in [0.05, 0.1) is 17.3 Å². The van der Waals surface area contributed by atoms with Gasteiger partial charge in [-0.2, -0.15) is 0 Å². The number of hydrogen-bond acceptors (Lipinski definition) is 3. The van der Waals surface area contributed by atoms with Crippen molar-refractivity contribution >= 4 is 22.8 Å². The van der Waals surface area contributed by atoms with E-state index in [-0.39, 0.29) is 17.2 Å². The smallest absolute Gasteiger partial charge is 0.338 e. The highest BCUT2D eigenvalue weighted by Crippen LogP contribution is 2.26. The number of carboxylic acids is 1. The Morgan fingerprint density at radius 1 is 1.15 bits per heavy atom. The molecular formula is C15H11NO4. The fourth-order valence-electron chi connectivity index (χ4n) is 2.41. The molecule has 0 unspecified atom stereocenters. The van der Waals surface area contributed by atoms with Crippen molar-refractivity contribution in [3.8, 4) is 0 Å². The van der Waals surface area contributed by atoms with Crippen LogP contribution in [-0.4, -0.2) is 21.6 Å². The molecule has 0 aliphatic heterocycles. The fraction of sp³-hybridized carbons (Fsp3) is 0.0667. The van der Waals surface area contributed by atoms with E-state index < -0.39 is 5.97 Å². The van der Waals surface area contributed by atoms with Crippen LogP contribution in [0.25, 0.3) is 10.9 Å². The molecule has 0 radical (unpaired) electrons. The van der Waals surface area contributed by atoms with E-state index in [2.05, 4.69) is 0 Å². The maximum Gasteiger partial charge on any atom is 0.338 e. The van der Waals surface area contributed by atoms with Gasteiger partial charge in [0, 0.05) is 11.1 Å². The number of rotatable bonds is 2. The van der Waals surface area contributed by atoms with Crippen LogP contribution in [0.5, 0.6) is 0 Å². The van der Waals surface area contributed by atoms with Crippen LogP contribution in [0.3, 0.4) is 0 Å². The van der Waals surface area contributed by atoms with E-state index in [9.17, 15) is 14.7 Å². The largest absolute Gasteiger partial charge is 0.478 e. The molecule has 0 fully saturated rings. The monoisotopic (exact) mass is 269 g/mol. The number of carbonyl (C=O) groups excluding carboxylic acids is 1. The molecule has 0 saturated heterocycles. The van der Waals surface area contributed by atoms with Gasteiger partial charge in [-0.3, -0.25) is 9.36 Å². The number of benzene rings is 1. The summed E-state index contributed by atoms with van der Waals surface area (Å²) in [7, 11) is 0. The predicted octanol–water partition coefficient (Wildman–Crippen LogP) is 2.93. The molecule has 20 heavy (non-hydrogen) atoms. The maximum absolute atomic E-state index is 12.5. The van der Waals surface area contributed by atoms with Gasteiger partial charge >= 0.3 is 5.97 Å². The number of aromatic carboxylic acids is 1. The highest BCUT2D eigenvalue weighted by Gasteiger charge is 2.24. The molecule has 0 bridgehead atoms. The second kappa shape index (κ2) is 4.38. The van der Waals surface area contributed by atoms with Crippen molar-refractivity contribution in [2.45, 2.75) is 6.92 Å². The summed E-state index contributed by atoms with van der Waals surface area (Å²) in [6, 6.07) is 10.1. The summed E-state index contributed by atoms with van der Waals surface area (Å²) >= 11 is 0. The van der Waals surface area contributed by atoms with Gasteiger partial charge in [0.15, 0.2) is 5.76 Å². The van der Waals surface area contributed by atoms with Crippen molar-refractivity contribution in [3.05, 3.63) is 59.7 Å². The van der Waals surface area contributed by atoms with Crippen molar-refractivity contribution in [3.63, 3.8) is 0 Å². The average Bonchev–Trinajstić information content (AvgIpc) is 3.02. The van der Waals surface area contributed by atoms with E-state index >= 15 is 0 Å². The SMILES string of the molecule is Cc1c(C(=O)O)c2ccccc2n1C(=O)c1ccco1. The minimum Gasteiger partial charge on any atom is -0.478 e. The zero-order valence-electron chi connectivity index (χ0n) is 10.7. The molecule has 0 saturated carbocycles. The van der Waals surface area contributed by atoms with E-state index in [0.717, 1.165) is 0 Å². The normalized spacial score (nSPS) is 10.8. The van der Waals surface area contributed by atoms with Crippen molar-refractivity contribution in [1.29, 1.82) is 0 Å². The van der Waals surface area contributed by atoms with Crippen molar-refractivity contribution < 1.29 is 19.1 Å². The van der Waals surface area contributed by atoms with E-state index in [4.69, 9.17) is 4.42 Å². The van der Waals surface area contributed by atoms with Crippen LogP contribution in [0.2, 0.25) is 0 Å². The van der Waals surface area contributed by atoms with E-state index in [0.29, 0.717) is 16.6 Å². The first kappa shape index (κ1) is 12.2. The second-order valence-electron chi connectivity index (χ2n) is 4.40. The topological polar surface area (TPSA) is 72.4 Å². The third kappa shape index (κ3) is 1.64. The highest BCUT2D eigenvalue weighted by molar-refractivity contribution is 6.10. The van der Waals surface area contributed by atoms with Crippen molar-refractivity contribution in [1.82, 2.24) is 4.57 Å². The van der Waals surface area contributed by atoms with Crippen molar-refractivity contribution in [2.75, 3.05) is 0 Å². The van der Waals surface area contributed by atoms with Gasteiger partial charge in [-0.05, 0) is 25.1 Å². The molecule has 5 nitrogen and oxygen atoms in total. The number of fused-ring (bicyclic) bond motifs is 1. The maximum atomic E-state index is 12.5. The Labute approximate surface area is 114 Å². The molecule has 0 aliphatic rings. The zero-order chi connectivity index (χ0) is 14.3. The summed E-state index contributed by atoms with van der Waals surface area (Å²) in [5.74, 6) is -1.26. The van der Waals surface area contributed by atoms with Gasteiger partial charge in [-0.1, -0.05) is 18.2 Å². The Balaban J connectivity index is 2.34. The first-order valence-electron chi connectivity index (χ1n) is 6.03. The molecule has 100 valence electrons. The summed E-state index contributed by atoms with van der Waals surface area (Å²) in [6.07, 6.45) is 1.41. The third-order valence-electron chi connectivity index (χ3n) is 3.26. The van der Waals surface area contributed by atoms with Crippen LogP contribution in [-0.2, 0) is 0 Å². The summed E-state index contributed by atoms with van der Waals surface area (Å²) < 4.78 is 6.48. The minimum absolute atomic E-state index is 0.139. The van der Waals surface area contributed by atoms with Crippen molar-refractivity contribution in [2.24, 2.45) is 0 Å². The molecular weight excluding hydrogens is 258 g/mol. The summed E-state index contributed by atoms with van der Waals surface area (Å²) in [5, 5.41) is 9.88. The van der Waals surface area contributed by atoms with Gasteiger partial charge in [0.2, 0.25) is 0 Å². The zero-order valence-corrected chi connectivity index (χ0v) is 10.7. The Bertz CT molecular complexity index is 812. The van der Waals surface area contributed by atoms with Crippen LogP contribution in [0.1, 0.15) is 26.6 Å². The number of carboxylic acid groups (broad SMARTS) is 1. The molecule has 0 aliphatic carbocycles. The Kier molecular flexibility index (Phi) is 2.68. The van der Waals surface area contributed by atoms with Gasteiger partial charge in [0.25, 0.3) is 5.91 Å². The van der Waals surface area contributed by atoms with Gasteiger partial charge in [-0.25, -0.2) is 4.79 Å². The molecule has 3 rings (SSSR count). The first-order chi connectivity index (χ1) is 9.61. The number of carbonyl (C=O) groups is 2. The molecule has 0 amide bonds. The summed E-state index contributed by atoms with van der Waals surface area (Å²) in [6.45, 7) is 1.62. The number of aromatic nitrogens is 1. The van der Waals surface area contributed by atoms with Crippen LogP contribution in [0, 0.1) is 6.92 Å². The van der Waals surface area contributed by atoms with E-state index in [1.54, 1.807) is 43.3 Å². The fourth-order valence-corrected chi connectivity index (χ4v) is 2.41. The lowest BCUT2D eigenvalue weighted by molar-refractivity contribution is 0.0698. The average molecular weight is 269 g/mol. The summed E-state index contributed by atoms with van der Waals surface area (Å²) in [5.41, 5.74) is 1.09. The Morgan fingerprint density at radius 3 is 2.55 bits per heavy atom. The lowest BCUT2D eigenvalue weighted by Crippen LogP contribution is -2.13. The van der Waals surface area contributed by atoms with Gasteiger partial charge in [-0.15, -0.1) is 0 Å². The van der Waals surface area contributed by atoms with Gasteiger partial charge in [0.1, 0.15) is 0 Å². The number of nitrogens with zero attached hydrogens (tertiary/aromatic N) is 1. The Morgan fingerprint density at radius 2 is 1.90 bits per heavy atom. The molecule has 2 aromatic heterocycles. The number of furan rings is 1.